The van der Waals surface area contributed by atoms with Crippen LogP contribution in [0.25, 0.3) is 0 Å². The van der Waals surface area contributed by atoms with Crippen molar-refractivity contribution in [1.29, 1.82) is 0 Å². The minimum absolute atomic E-state index is 0.000789. The van der Waals surface area contributed by atoms with Crippen LogP contribution in [0, 0.1) is 0 Å². The number of amides is 1. The number of hydrogen-bond acceptors (Lipinski definition) is 3. The van der Waals surface area contributed by atoms with Gasteiger partial charge in [-0.25, -0.2) is 4.79 Å². The molecular formula is C18H21NO4. The van der Waals surface area contributed by atoms with E-state index in [-0.39, 0.29) is 16.7 Å². The quantitative estimate of drug-likeness (QED) is 0.890. The summed E-state index contributed by atoms with van der Waals surface area (Å²) in [6.07, 6.45) is 0.412. The molecule has 23 heavy (non-hydrogen) atoms. The fraction of sp³-hybridized carbons (Fsp3) is 0.333. The third-order valence-electron chi connectivity index (χ3n) is 3.59. The van der Waals surface area contributed by atoms with Crippen LogP contribution in [0.5, 0.6) is 0 Å². The van der Waals surface area contributed by atoms with E-state index >= 15 is 0 Å². The number of furan rings is 1. The number of aryl methyl sites for hydroxylation is 1. The lowest BCUT2D eigenvalue weighted by molar-refractivity contribution is 0.0694. The highest BCUT2D eigenvalue weighted by atomic mass is 16.4. The number of carboxylic acid groups (broad SMARTS) is 1. The number of rotatable bonds is 4. The SMILES string of the molecule is CCc1oc(C(=O)Nc2ccc(C(C)(C)C)cc2)cc1C(=O)O. The third kappa shape index (κ3) is 3.80. The van der Waals surface area contributed by atoms with Gasteiger partial charge in [0.25, 0.3) is 5.91 Å². The Hall–Kier alpha value is -2.56. The van der Waals surface area contributed by atoms with Gasteiger partial charge in [-0.2, -0.15) is 0 Å². The van der Waals surface area contributed by atoms with Crippen molar-refractivity contribution in [2.24, 2.45) is 0 Å². The fourth-order valence-corrected chi connectivity index (χ4v) is 2.23. The van der Waals surface area contributed by atoms with Gasteiger partial charge in [0.1, 0.15) is 11.3 Å². The molecule has 1 amide bonds. The van der Waals surface area contributed by atoms with Gasteiger partial charge in [-0.3, -0.25) is 4.79 Å². The first-order valence-electron chi connectivity index (χ1n) is 7.50. The molecular weight excluding hydrogens is 294 g/mol. The number of nitrogens with one attached hydrogen (secondary N) is 1. The molecule has 0 aliphatic rings. The van der Waals surface area contributed by atoms with Crippen LogP contribution in [0.1, 0.15) is 59.9 Å². The highest BCUT2D eigenvalue weighted by Crippen LogP contribution is 2.24. The second-order valence-corrected chi connectivity index (χ2v) is 6.39. The number of anilines is 1. The highest BCUT2D eigenvalue weighted by molar-refractivity contribution is 6.04. The summed E-state index contributed by atoms with van der Waals surface area (Å²) < 4.78 is 5.34. The maximum Gasteiger partial charge on any atom is 0.339 e. The second-order valence-electron chi connectivity index (χ2n) is 6.39. The summed E-state index contributed by atoms with van der Waals surface area (Å²) in [7, 11) is 0. The molecule has 0 fully saturated rings. The Morgan fingerprint density at radius 2 is 1.78 bits per heavy atom. The summed E-state index contributed by atoms with van der Waals surface area (Å²) >= 11 is 0. The molecule has 1 aromatic carbocycles. The lowest BCUT2D eigenvalue weighted by Crippen LogP contribution is -2.13. The summed E-state index contributed by atoms with van der Waals surface area (Å²) in [4.78, 5) is 23.3. The first kappa shape index (κ1) is 16.8. The van der Waals surface area contributed by atoms with E-state index in [1.807, 2.05) is 24.3 Å². The van der Waals surface area contributed by atoms with Gasteiger partial charge >= 0.3 is 5.97 Å². The smallest absolute Gasteiger partial charge is 0.339 e. The van der Waals surface area contributed by atoms with E-state index < -0.39 is 11.9 Å². The molecule has 0 aliphatic heterocycles. The summed E-state index contributed by atoms with van der Waals surface area (Å²) in [5, 5.41) is 11.8. The van der Waals surface area contributed by atoms with Gasteiger partial charge in [0, 0.05) is 18.2 Å². The first-order valence-corrected chi connectivity index (χ1v) is 7.50. The Balaban J connectivity index is 2.17. The number of benzene rings is 1. The first-order chi connectivity index (χ1) is 10.7. The minimum Gasteiger partial charge on any atom is -0.478 e. The van der Waals surface area contributed by atoms with Crippen molar-refractivity contribution < 1.29 is 19.1 Å². The molecule has 2 N–H and O–H groups in total. The van der Waals surface area contributed by atoms with Crippen LogP contribution < -0.4 is 5.32 Å². The highest BCUT2D eigenvalue weighted by Gasteiger charge is 2.20. The number of aromatic carboxylic acids is 1. The molecule has 0 spiro atoms. The van der Waals surface area contributed by atoms with Crippen LogP contribution in [0.2, 0.25) is 0 Å². The summed E-state index contributed by atoms with van der Waals surface area (Å²) in [6.45, 7) is 8.12. The molecule has 1 heterocycles. The molecule has 2 aromatic rings. The fourth-order valence-electron chi connectivity index (χ4n) is 2.23. The van der Waals surface area contributed by atoms with Crippen molar-refractivity contribution >= 4 is 17.6 Å². The molecule has 0 unspecified atom stereocenters. The number of carboxylic acids is 1. The van der Waals surface area contributed by atoms with Crippen LogP contribution in [0.4, 0.5) is 5.69 Å². The van der Waals surface area contributed by atoms with Crippen molar-refractivity contribution in [2.75, 3.05) is 5.32 Å². The third-order valence-corrected chi connectivity index (χ3v) is 3.59. The van der Waals surface area contributed by atoms with Crippen LogP contribution in [-0.2, 0) is 11.8 Å². The average molecular weight is 315 g/mol. The van der Waals surface area contributed by atoms with Crippen molar-refractivity contribution in [3.8, 4) is 0 Å². The molecule has 0 aliphatic carbocycles. The van der Waals surface area contributed by atoms with Crippen LogP contribution in [-0.4, -0.2) is 17.0 Å². The van der Waals surface area contributed by atoms with Gasteiger partial charge in [0.15, 0.2) is 5.76 Å². The average Bonchev–Trinajstić information content (AvgIpc) is 2.91. The topological polar surface area (TPSA) is 79.5 Å². The van der Waals surface area contributed by atoms with E-state index in [1.165, 1.54) is 6.07 Å². The molecule has 5 nitrogen and oxygen atoms in total. The Morgan fingerprint density at radius 1 is 1.17 bits per heavy atom. The zero-order chi connectivity index (χ0) is 17.2. The molecule has 0 saturated carbocycles. The van der Waals surface area contributed by atoms with Gasteiger partial charge in [0.2, 0.25) is 0 Å². The van der Waals surface area contributed by atoms with Gasteiger partial charge in [-0.15, -0.1) is 0 Å². The Labute approximate surface area is 135 Å². The summed E-state index contributed by atoms with van der Waals surface area (Å²) in [6, 6.07) is 8.82. The molecule has 122 valence electrons. The lowest BCUT2D eigenvalue weighted by atomic mass is 9.87. The largest absolute Gasteiger partial charge is 0.478 e. The van der Waals surface area contributed by atoms with Crippen molar-refractivity contribution in [1.82, 2.24) is 0 Å². The van der Waals surface area contributed by atoms with Gasteiger partial charge < -0.3 is 14.8 Å². The van der Waals surface area contributed by atoms with Crippen LogP contribution >= 0.6 is 0 Å². The van der Waals surface area contributed by atoms with Crippen LogP contribution in [0.3, 0.4) is 0 Å². The maximum atomic E-state index is 12.2. The van der Waals surface area contributed by atoms with Crippen molar-refractivity contribution in [2.45, 2.75) is 39.5 Å². The Morgan fingerprint density at radius 3 is 2.22 bits per heavy atom. The van der Waals surface area contributed by atoms with E-state index in [2.05, 4.69) is 26.1 Å². The molecule has 0 radical (unpaired) electrons. The molecule has 1 aromatic heterocycles. The molecule has 0 bridgehead atoms. The van der Waals surface area contributed by atoms with Gasteiger partial charge in [0.05, 0.1) is 0 Å². The normalized spacial score (nSPS) is 11.3. The minimum atomic E-state index is -1.10. The lowest BCUT2D eigenvalue weighted by Gasteiger charge is -2.19. The molecule has 0 saturated heterocycles. The maximum absolute atomic E-state index is 12.2. The molecule has 0 atom stereocenters. The van der Waals surface area contributed by atoms with E-state index in [9.17, 15) is 9.59 Å². The van der Waals surface area contributed by atoms with Gasteiger partial charge in [-0.1, -0.05) is 39.8 Å². The Kier molecular flexibility index (Phi) is 4.59. The Bertz CT molecular complexity index is 720. The zero-order valence-corrected chi connectivity index (χ0v) is 13.8. The molecule has 5 heteroatoms. The van der Waals surface area contributed by atoms with E-state index in [0.717, 1.165) is 5.56 Å². The summed E-state index contributed by atoms with van der Waals surface area (Å²) in [5.41, 5.74) is 1.86. The van der Waals surface area contributed by atoms with E-state index in [1.54, 1.807) is 6.92 Å². The van der Waals surface area contributed by atoms with Gasteiger partial charge in [-0.05, 0) is 23.1 Å². The monoisotopic (exact) mass is 315 g/mol. The van der Waals surface area contributed by atoms with Crippen LogP contribution in [0.15, 0.2) is 34.7 Å². The molecule has 2 rings (SSSR count). The number of carbonyl (C=O) groups excluding carboxylic acids is 1. The number of hydrogen-bond donors (Lipinski definition) is 2. The zero-order valence-electron chi connectivity index (χ0n) is 13.8. The van der Waals surface area contributed by atoms with Crippen molar-refractivity contribution in [3.05, 3.63) is 53.0 Å². The van der Waals surface area contributed by atoms with Crippen molar-refractivity contribution in [3.63, 3.8) is 0 Å². The standard InChI is InChI=1S/C18H21NO4/c1-5-14-13(17(21)22)10-15(23-14)16(20)19-12-8-6-11(7-9-12)18(2,3)4/h6-10H,5H2,1-4H3,(H,19,20)(H,21,22). The summed E-state index contributed by atoms with van der Waals surface area (Å²) in [5.74, 6) is -1.26. The van der Waals surface area contributed by atoms with E-state index in [0.29, 0.717) is 17.9 Å². The second kappa shape index (κ2) is 6.28. The predicted molar refractivity (Wildman–Crippen MR) is 88.1 cm³/mol. The van der Waals surface area contributed by atoms with E-state index in [4.69, 9.17) is 9.52 Å². The number of carbonyl (C=O) groups is 2. The predicted octanol–water partition coefficient (Wildman–Crippen LogP) is 4.09.